The van der Waals surface area contributed by atoms with E-state index in [4.69, 9.17) is 13.7 Å². The van der Waals surface area contributed by atoms with Crippen molar-refractivity contribution in [2.45, 2.75) is 64.5 Å². The van der Waals surface area contributed by atoms with Crippen LogP contribution < -0.4 is 0 Å². The molecular formula is C22H32N4O4. The maximum Gasteiger partial charge on any atom is 0.290 e. The Kier molecular flexibility index (Phi) is 6.84. The molecule has 1 amide bonds. The normalized spacial score (nSPS) is 20.2. The first kappa shape index (κ1) is 21.1. The standard InChI is InChI=1S/C22H32N4O4/c1-3-18-16(15-25-10-6-7-11-25)14-19(29-18)22(27)26-12-5-4-8-17(26)21-23-20(24-30-21)9-13-28-2/h14,17H,3-13,15H2,1-2H3. The van der Waals surface area contributed by atoms with Crippen LogP contribution in [0.5, 0.6) is 0 Å². The zero-order valence-corrected chi connectivity index (χ0v) is 18.1. The molecule has 4 heterocycles. The van der Waals surface area contributed by atoms with Crippen LogP contribution in [0.2, 0.25) is 0 Å². The van der Waals surface area contributed by atoms with Crippen molar-refractivity contribution in [3.05, 3.63) is 34.9 Å². The number of nitrogens with zero attached hydrogens (tertiary/aromatic N) is 4. The largest absolute Gasteiger partial charge is 0.456 e. The monoisotopic (exact) mass is 416 g/mol. The predicted molar refractivity (Wildman–Crippen MR) is 110 cm³/mol. The fraction of sp³-hybridized carbons (Fsp3) is 0.682. The SMILES string of the molecule is CCc1oc(C(=O)N2CCCCC2c2nc(CCOC)no2)cc1CN1CCCC1. The molecule has 0 radical (unpaired) electrons. The first-order valence-corrected chi connectivity index (χ1v) is 11.2. The summed E-state index contributed by atoms with van der Waals surface area (Å²) in [7, 11) is 1.65. The van der Waals surface area contributed by atoms with E-state index in [1.165, 1.54) is 12.8 Å². The second-order valence-electron chi connectivity index (χ2n) is 8.20. The topological polar surface area (TPSA) is 84.8 Å². The summed E-state index contributed by atoms with van der Waals surface area (Å²) in [5, 5.41) is 4.05. The van der Waals surface area contributed by atoms with Crippen molar-refractivity contribution in [1.82, 2.24) is 19.9 Å². The van der Waals surface area contributed by atoms with Gasteiger partial charge in [-0.2, -0.15) is 4.98 Å². The van der Waals surface area contributed by atoms with Crippen molar-refractivity contribution < 1.29 is 18.5 Å². The van der Waals surface area contributed by atoms with Crippen LogP contribution >= 0.6 is 0 Å². The van der Waals surface area contributed by atoms with Crippen molar-refractivity contribution in [2.24, 2.45) is 0 Å². The van der Waals surface area contributed by atoms with E-state index in [0.29, 0.717) is 37.0 Å². The summed E-state index contributed by atoms with van der Waals surface area (Å²) in [6.07, 6.45) is 6.69. The molecule has 0 bridgehead atoms. The number of aryl methyl sites for hydroxylation is 1. The predicted octanol–water partition coefficient (Wildman–Crippen LogP) is 3.38. The second kappa shape index (κ2) is 9.75. The van der Waals surface area contributed by atoms with Gasteiger partial charge in [-0.05, 0) is 51.3 Å². The van der Waals surface area contributed by atoms with Crippen LogP contribution in [0.15, 0.2) is 15.0 Å². The highest BCUT2D eigenvalue weighted by atomic mass is 16.5. The summed E-state index contributed by atoms with van der Waals surface area (Å²) in [5.41, 5.74) is 1.14. The number of furan rings is 1. The van der Waals surface area contributed by atoms with Gasteiger partial charge in [0.25, 0.3) is 5.91 Å². The lowest BCUT2D eigenvalue weighted by molar-refractivity contribution is 0.0528. The van der Waals surface area contributed by atoms with E-state index in [1.54, 1.807) is 7.11 Å². The smallest absolute Gasteiger partial charge is 0.290 e. The zero-order chi connectivity index (χ0) is 20.9. The second-order valence-corrected chi connectivity index (χ2v) is 8.20. The minimum atomic E-state index is -0.202. The van der Waals surface area contributed by atoms with Crippen molar-refractivity contribution >= 4 is 5.91 Å². The summed E-state index contributed by atoms with van der Waals surface area (Å²) in [6, 6.07) is 1.75. The van der Waals surface area contributed by atoms with Crippen molar-refractivity contribution in [2.75, 3.05) is 33.4 Å². The molecule has 2 aliphatic heterocycles. The Morgan fingerprint density at radius 3 is 2.80 bits per heavy atom. The van der Waals surface area contributed by atoms with Gasteiger partial charge in [-0.1, -0.05) is 12.1 Å². The number of carbonyl (C=O) groups is 1. The van der Waals surface area contributed by atoms with E-state index in [1.807, 2.05) is 11.0 Å². The van der Waals surface area contributed by atoms with Crippen LogP contribution in [0.25, 0.3) is 0 Å². The number of aromatic nitrogens is 2. The number of ether oxygens (including phenoxy) is 1. The van der Waals surface area contributed by atoms with Gasteiger partial charge in [0.05, 0.1) is 6.61 Å². The number of amides is 1. The molecule has 0 aliphatic carbocycles. The molecular weight excluding hydrogens is 384 g/mol. The molecule has 8 heteroatoms. The van der Waals surface area contributed by atoms with E-state index in [2.05, 4.69) is 22.0 Å². The molecule has 8 nitrogen and oxygen atoms in total. The lowest BCUT2D eigenvalue weighted by atomic mass is 10.0. The number of hydrogen-bond donors (Lipinski definition) is 0. The maximum atomic E-state index is 13.4. The van der Waals surface area contributed by atoms with E-state index in [9.17, 15) is 4.79 Å². The third-order valence-corrected chi connectivity index (χ3v) is 6.08. The van der Waals surface area contributed by atoms with Gasteiger partial charge in [-0.15, -0.1) is 0 Å². The number of methoxy groups -OCH3 is 1. The molecule has 0 aromatic carbocycles. The lowest BCUT2D eigenvalue weighted by Crippen LogP contribution is -2.38. The van der Waals surface area contributed by atoms with Crippen LogP contribution in [-0.4, -0.2) is 59.2 Å². The summed E-state index contributed by atoms with van der Waals surface area (Å²) >= 11 is 0. The number of likely N-dealkylation sites (tertiary alicyclic amines) is 2. The Labute approximate surface area is 177 Å². The van der Waals surface area contributed by atoms with Gasteiger partial charge in [0.1, 0.15) is 11.8 Å². The molecule has 2 fully saturated rings. The Hall–Kier alpha value is -2.19. The molecule has 2 aromatic rings. The average molecular weight is 417 g/mol. The molecule has 164 valence electrons. The summed E-state index contributed by atoms with van der Waals surface area (Å²) in [6.45, 7) is 6.38. The fourth-order valence-electron chi connectivity index (χ4n) is 4.46. The molecule has 1 unspecified atom stereocenters. The highest BCUT2D eigenvalue weighted by Crippen LogP contribution is 2.32. The van der Waals surface area contributed by atoms with Gasteiger partial charge < -0.3 is 18.6 Å². The molecule has 30 heavy (non-hydrogen) atoms. The Bertz CT molecular complexity index is 840. The van der Waals surface area contributed by atoms with Crippen LogP contribution in [0.1, 0.15) is 78.7 Å². The summed E-state index contributed by atoms with van der Waals surface area (Å²) in [5.74, 6) is 2.38. The fourth-order valence-corrected chi connectivity index (χ4v) is 4.46. The van der Waals surface area contributed by atoms with Crippen LogP contribution in [0.3, 0.4) is 0 Å². The van der Waals surface area contributed by atoms with Gasteiger partial charge in [-0.3, -0.25) is 9.69 Å². The summed E-state index contributed by atoms with van der Waals surface area (Å²) in [4.78, 5) is 22.2. The zero-order valence-electron chi connectivity index (χ0n) is 18.1. The van der Waals surface area contributed by atoms with E-state index < -0.39 is 0 Å². The van der Waals surface area contributed by atoms with E-state index in [-0.39, 0.29) is 11.9 Å². The molecule has 2 saturated heterocycles. The third kappa shape index (κ3) is 4.59. The quantitative estimate of drug-likeness (QED) is 0.652. The van der Waals surface area contributed by atoms with Crippen molar-refractivity contribution in [1.29, 1.82) is 0 Å². The molecule has 0 saturated carbocycles. The molecule has 2 aromatic heterocycles. The van der Waals surface area contributed by atoms with E-state index in [0.717, 1.165) is 56.6 Å². The molecule has 2 aliphatic rings. The van der Waals surface area contributed by atoms with Crippen LogP contribution in [0.4, 0.5) is 0 Å². The van der Waals surface area contributed by atoms with Gasteiger partial charge in [-0.25, -0.2) is 0 Å². The lowest BCUT2D eigenvalue weighted by Gasteiger charge is -2.32. The average Bonchev–Trinajstić information content (AvgIpc) is 3.53. The molecule has 1 atom stereocenters. The molecule has 0 spiro atoms. The van der Waals surface area contributed by atoms with Gasteiger partial charge in [0.15, 0.2) is 11.6 Å². The van der Waals surface area contributed by atoms with E-state index >= 15 is 0 Å². The molecule has 4 rings (SSSR count). The minimum absolute atomic E-state index is 0.0845. The minimum Gasteiger partial charge on any atom is -0.456 e. The number of piperidine rings is 1. The maximum absolute atomic E-state index is 13.4. The summed E-state index contributed by atoms with van der Waals surface area (Å²) < 4.78 is 16.6. The molecule has 0 N–H and O–H groups in total. The highest BCUT2D eigenvalue weighted by Gasteiger charge is 2.34. The first-order valence-electron chi connectivity index (χ1n) is 11.2. The van der Waals surface area contributed by atoms with Gasteiger partial charge >= 0.3 is 0 Å². The number of hydrogen-bond acceptors (Lipinski definition) is 7. The highest BCUT2D eigenvalue weighted by molar-refractivity contribution is 5.92. The number of carbonyl (C=O) groups excluding carboxylic acids is 1. The Balaban J connectivity index is 1.51. The first-order chi connectivity index (χ1) is 14.7. The van der Waals surface area contributed by atoms with Gasteiger partial charge in [0, 0.05) is 38.6 Å². The number of rotatable bonds is 8. The Morgan fingerprint density at radius 2 is 2.03 bits per heavy atom. The van der Waals surface area contributed by atoms with Gasteiger partial charge in [0.2, 0.25) is 5.89 Å². The van der Waals surface area contributed by atoms with Crippen molar-refractivity contribution in [3.8, 4) is 0 Å². The van der Waals surface area contributed by atoms with Crippen LogP contribution in [0, 0.1) is 0 Å². The Morgan fingerprint density at radius 1 is 1.23 bits per heavy atom. The third-order valence-electron chi connectivity index (χ3n) is 6.08. The van der Waals surface area contributed by atoms with Crippen LogP contribution in [-0.2, 0) is 24.1 Å². The van der Waals surface area contributed by atoms with Crippen molar-refractivity contribution in [3.63, 3.8) is 0 Å².